The Morgan fingerprint density at radius 3 is 3.50 bits per heavy atom. The molecule has 0 unspecified atom stereocenters. The molecule has 0 atom stereocenters. The summed E-state index contributed by atoms with van der Waals surface area (Å²) in [4.78, 5) is 14.6. The standard InChI is InChI=1S/C5H6N4O/c10-4-1-2-9-5(8-4)6-3-7-9/h3H,1-2H2,(H,6,7,8,10). The van der Waals surface area contributed by atoms with Crippen LogP contribution in [0.2, 0.25) is 0 Å². The fraction of sp³-hybridized carbons (Fsp3) is 0.400. The molecule has 0 aromatic carbocycles. The molecule has 10 heavy (non-hydrogen) atoms. The largest absolute Gasteiger partial charge is 0.295 e. The van der Waals surface area contributed by atoms with E-state index in [1.165, 1.54) is 6.33 Å². The lowest BCUT2D eigenvalue weighted by Crippen LogP contribution is -2.23. The molecule has 1 aliphatic heterocycles. The predicted molar refractivity (Wildman–Crippen MR) is 33.3 cm³/mol. The number of aromatic nitrogens is 3. The van der Waals surface area contributed by atoms with E-state index in [-0.39, 0.29) is 5.91 Å². The SMILES string of the molecule is O=C1CCn2ncnc2N1. The van der Waals surface area contributed by atoms with Crippen LogP contribution in [-0.4, -0.2) is 20.7 Å². The number of hydrogen-bond acceptors (Lipinski definition) is 3. The normalized spacial score (nSPS) is 16.2. The number of amides is 1. The first-order chi connectivity index (χ1) is 4.86. The Hall–Kier alpha value is -1.39. The molecule has 2 heterocycles. The van der Waals surface area contributed by atoms with Gasteiger partial charge in [0.2, 0.25) is 11.9 Å². The molecule has 0 radical (unpaired) electrons. The van der Waals surface area contributed by atoms with Crippen molar-refractivity contribution in [2.45, 2.75) is 13.0 Å². The summed E-state index contributed by atoms with van der Waals surface area (Å²) in [6.45, 7) is 0.640. The van der Waals surface area contributed by atoms with E-state index < -0.39 is 0 Å². The summed E-state index contributed by atoms with van der Waals surface area (Å²) >= 11 is 0. The highest BCUT2D eigenvalue weighted by Crippen LogP contribution is 2.07. The van der Waals surface area contributed by atoms with Crippen LogP contribution in [0.25, 0.3) is 0 Å². The summed E-state index contributed by atoms with van der Waals surface area (Å²) < 4.78 is 1.67. The van der Waals surface area contributed by atoms with Crippen molar-refractivity contribution in [1.29, 1.82) is 0 Å². The van der Waals surface area contributed by atoms with Gasteiger partial charge >= 0.3 is 0 Å². The van der Waals surface area contributed by atoms with E-state index in [9.17, 15) is 4.79 Å². The van der Waals surface area contributed by atoms with Gasteiger partial charge in [-0.3, -0.25) is 10.1 Å². The molecule has 52 valence electrons. The fourth-order valence-corrected chi connectivity index (χ4v) is 0.919. The van der Waals surface area contributed by atoms with Gasteiger partial charge in [-0.2, -0.15) is 10.1 Å². The van der Waals surface area contributed by atoms with E-state index in [4.69, 9.17) is 0 Å². The maximum Gasteiger partial charge on any atom is 0.228 e. The van der Waals surface area contributed by atoms with Crippen LogP contribution in [0, 0.1) is 0 Å². The lowest BCUT2D eigenvalue weighted by Gasteiger charge is -2.11. The van der Waals surface area contributed by atoms with Crippen molar-refractivity contribution in [3.05, 3.63) is 6.33 Å². The number of rotatable bonds is 0. The molecule has 0 saturated carbocycles. The number of nitrogens with one attached hydrogen (secondary N) is 1. The molecule has 5 heteroatoms. The van der Waals surface area contributed by atoms with Gasteiger partial charge in [-0.15, -0.1) is 0 Å². The minimum Gasteiger partial charge on any atom is -0.295 e. The number of aryl methyl sites for hydroxylation is 1. The van der Waals surface area contributed by atoms with Crippen molar-refractivity contribution in [3.63, 3.8) is 0 Å². The van der Waals surface area contributed by atoms with Gasteiger partial charge in [0, 0.05) is 6.42 Å². The molecule has 2 rings (SSSR count). The maximum atomic E-state index is 10.7. The van der Waals surface area contributed by atoms with Crippen LogP contribution in [-0.2, 0) is 11.3 Å². The highest BCUT2D eigenvalue weighted by molar-refractivity contribution is 5.89. The number of fused-ring (bicyclic) bond motifs is 1. The summed E-state index contributed by atoms with van der Waals surface area (Å²) in [6.07, 6.45) is 1.93. The van der Waals surface area contributed by atoms with Crippen LogP contribution < -0.4 is 5.32 Å². The van der Waals surface area contributed by atoms with Crippen molar-refractivity contribution >= 4 is 11.9 Å². The van der Waals surface area contributed by atoms with E-state index in [2.05, 4.69) is 15.4 Å². The quantitative estimate of drug-likeness (QED) is 0.531. The van der Waals surface area contributed by atoms with Gasteiger partial charge in [0.25, 0.3) is 0 Å². The highest BCUT2D eigenvalue weighted by Gasteiger charge is 2.14. The molecule has 1 N–H and O–H groups in total. The van der Waals surface area contributed by atoms with Crippen molar-refractivity contribution in [2.24, 2.45) is 0 Å². The van der Waals surface area contributed by atoms with Gasteiger partial charge in [-0.1, -0.05) is 0 Å². The second kappa shape index (κ2) is 1.80. The second-order valence-corrected chi connectivity index (χ2v) is 2.10. The number of carbonyl (C=O) groups excluding carboxylic acids is 1. The molecule has 0 spiro atoms. The first-order valence-electron chi connectivity index (χ1n) is 3.04. The number of carbonyl (C=O) groups is 1. The van der Waals surface area contributed by atoms with Gasteiger partial charge in [-0.05, 0) is 0 Å². The number of anilines is 1. The smallest absolute Gasteiger partial charge is 0.228 e. The Balaban J connectivity index is 2.39. The fourth-order valence-electron chi connectivity index (χ4n) is 0.919. The summed E-state index contributed by atoms with van der Waals surface area (Å²) in [6, 6.07) is 0. The Bertz CT molecular complexity index is 266. The van der Waals surface area contributed by atoms with Gasteiger partial charge in [0.15, 0.2) is 0 Å². The molecular formula is C5H6N4O. The molecular weight excluding hydrogens is 132 g/mol. The van der Waals surface area contributed by atoms with E-state index in [0.717, 1.165) is 0 Å². The molecule has 1 amide bonds. The van der Waals surface area contributed by atoms with Gasteiger partial charge < -0.3 is 0 Å². The molecule has 0 saturated heterocycles. The van der Waals surface area contributed by atoms with Gasteiger partial charge in [0.05, 0.1) is 6.54 Å². The topological polar surface area (TPSA) is 59.8 Å². The van der Waals surface area contributed by atoms with Crippen molar-refractivity contribution < 1.29 is 4.79 Å². The summed E-state index contributed by atoms with van der Waals surface area (Å²) in [5.41, 5.74) is 0. The van der Waals surface area contributed by atoms with Crippen molar-refractivity contribution in [1.82, 2.24) is 14.8 Å². The third-order valence-corrected chi connectivity index (χ3v) is 1.42. The summed E-state index contributed by atoms with van der Waals surface area (Å²) in [5.74, 6) is 0.566. The van der Waals surface area contributed by atoms with Crippen LogP contribution >= 0.6 is 0 Å². The van der Waals surface area contributed by atoms with Crippen LogP contribution in [0.4, 0.5) is 5.95 Å². The number of hydrogen-bond donors (Lipinski definition) is 1. The summed E-state index contributed by atoms with van der Waals surface area (Å²) in [7, 11) is 0. The Morgan fingerprint density at radius 2 is 2.60 bits per heavy atom. The van der Waals surface area contributed by atoms with Gasteiger partial charge in [0.1, 0.15) is 6.33 Å². The predicted octanol–water partition coefficient (Wildman–Crippen LogP) is -0.380. The highest BCUT2D eigenvalue weighted by atomic mass is 16.2. The minimum atomic E-state index is 0.0144. The first-order valence-corrected chi connectivity index (χ1v) is 3.04. The van der Waals surface area contributed by atoms with Crippen LogP contribution in [0.1, 0.15) is 6.42 Å². The molecule has 1 aliphatic rings. The Morgan fingerprint density at radius 1 is 1.70 bits per heavy atom. The molecule has 5 nitrogen and oxygen atoms in total. The zero-order valence-electron chi connectivity index (χ0n) is 5.24. The lowest BCUT2D eigenvalue weighted by atomic mass is 10.4. The van der Waals surface area contributed by atoms with E-state index in [0.29, 0.717) is 18.9 Å². The second-order valence-electron chi connectivity index (χ2n) is 2.10. The average Bonchev–Trinajstić information content (AvgIpc) is 2.33. The van der Waals surface area contributed by atoms with Crippen LogP contribution in [0.3, 0.4) is 0 Å². The molecule has 0 bridgehead atoms. The molecule has 0 aliphatic carbocycles. The average molecular weight is 138 g/mol. The van der Waals surface area contributed by atoms with Crippen LogP contribution in [0.15, 0.2) is 6.33 Å². The molecule has 1 aromatic heterocycles. The van der Waals surface area contributed by atoms with Crippen molar-refractivity contribution in [3.8, 4) is 0 Å². The zero-order valence-corrected chi connectivity index (χ0v) is 5.24. The number of nitrogens with zero attached hydrogens (tertiary/aromatic N) is 3. The zero-order chi connectivity index (χ0) is 6.97. The van der Waals surface area contributed by atoms with Gasteiger partial charge in [-0.25, -0.2) is 4.68 Å². The first kappa shape index (κ1) is 5.40. The Kier molecular flexibility index (Phi) is 0.969. The maximum absolute atomic E-state index is 10.7. The van der Waals surface area contributed by atoms with E-state index in [1.807, 2.05) is 0 Å². The van der Waals surface area contributed by atoms with Crippen molar-refractivity contribution in [2.75, 3.05) is 5.32 Å². The monoisotopic (exact) mass is 138 g/mol. The van der Waals surface area contributed by atoms with E-state index in [1.54, 1.807) is 4.68 Å². The molecule has 1 aromatic rings. The molecule has 0 fully saturated rings. The minimum absolute atomic E-state index is 0.0144. The van der Waals surface area contributed by atoms with Crippen LogP contribution in [0.5, 0.6) is 0 Å². The third-order valence-electron chi connectivity index (χ3n) is 1.42. The lowest BCUT2D eigenvalue weighted by molar-refractivity contribution is -0.117. The Labute approximate surface area is 57.1 Å². The summed E-state index contributed by atoms with van der Waals surface area (Å²) in [5, 5.41) is 6.47. The van der Waals surface area contributed by atoms with E-state index >= 15 is 0 Å². The third kappa shape index (κ3) is 0.671.